The number of hydrogen-bond acceptors (Lipinski definition) is 5. The monoisotopic (exact) mass is 240 g/mol. The van der Waals surface area contributed by atoms with Crippen LogP contribution in [-0.4, -0.2) is 57.7 Å². The zero-order valence-corrected chi connectivity index (χ0v) is 9.97. The molecule has 7 heteroatoms. The van der Waals surface area contributed by atoms with Crippen LogP contribution in [0.1, 0.15) is 6.92 Å². The van der Waals surface area contributed by atoms with Crippen LogP contribution in [0.5, 0.6) is 0 Å². The first-order chi connectivity index (χ1) is 6.83. The first-order valence-corrected chi connectivity index (χ1v) is 6.59. The molecule has 0 unspecified atom stereocenters. The first kappa shape index (κ1) is 14.8. The van der Waals surface area contributed by atoms with Gasteiger partial charge in [0.05, 0.1) is 19.5 Å². The second-order valence-corrected chi connectivity index (χ2v) is 5.80. The molecule has 0 atom stereocenters. The van der Waals surface area contributed by atoms with Gasteiger partial charge in [-0.05, 0) is 0 Å². The van der Waals surface area contributed by atoms with Crippen LogP contribution in [0.2, 0.25) is 0 Å². The largest absolute Gasteiger partial charge is 0.396 e. The highest BCUT2D eigenvalue weighted by molar-refractivity contribution is 7.88. The zero-order chi connectivity index (χ0) is 11.9. The number of aliphatic hydroxyl groups excluding tert-OH is 2. The van der Waals surface area contributed by atoms with Gasteiger partial charge in [0, 0.05) is 25.0 Å². The molecular formula is C8H20N2O4S. The fraction of sp³-hybridized carbons (Fsp3) is 1.00. The van der Waals surface area contributed by atoms with Crippen LogP contribution in [0.4, 0.5) is 0 Å². The Morgan fingerprint density at radius 3 is 2.13 bits per heavy atom. The van der Waals surface area contributed by atoms with Crippen LogP contribution in [0.25, 0.3) is 0 Å². The maximum absolute atomic E-state index is 10.7. The minimum atomic E-state index is -3.14. The highest BCUT2D eigenvalue weighted by atomic mass is 32.2. The third kappa shape index (κ3) is 7.69. The van der Waals surface area contributed by atoms with Gasteiger partial charge in [-0.25, -0.2) is 13.1 Å². The molecule has 0 saturated heterocycles. The smallest absolute Gasteiger partial charge is 0.208 e. The molecule has 0 amide bonds. The van der Waals surface area contributed by atoms with E-state index in [4.69, 9.17) is 10.2 Å². The van der Waals surface area contributed by atoms with Crippen molar-refractivity contribution in [2.45, 2.75) is 6.92 Å². The number of hydrogen-bond donors (Lipinski definition) is 4. The summed E-state index contributed by atoms with van der Waals surface area (Å²) in [5.74, 6) is 0. The summed E-state index contributed by atoms with van der Waals surface area (Å²) in [6.07, 6.45) is 1.10. The molecule has 0 heterocycles. The van der Waals surface area contributed by atoms with Gasteiger partial charge in [0.25, 0.3) is 0 Å². The van der Waals surface area contributed by atoms with Gasteiger partial charge in [-0.1, -0.05) is 6.92 Å². The summed E-state index contributed by atoms with van der Waals surface area (Å²) in [5.41, 5.74) is -0.564. The van der Waals surface area contributed by atoms with E-state index < -0.39 is 15.4 Å². The van der Waals surface area contributed by atoms with E-state index in [1.165, 1.54) is 0 Å². The third-order valence-electron chi connectivity index (χ3n) is 1.98. The quantitative estimate of drug-likeness (QED) is 0.372. The highest BCUT2D eigenvalue weighted by Gasteiger charge is 2.21. The lowest BCUT2D eigenvalue weighted by Crippen LogP contribution is -2.40. The summed E-state index contributed by atoms with van der Waals surface area (Å²) in [6.45, 7) is 2.70. The minimum Gasteiger partial charge on any atom is -0.396 e. The molecule has 0 radical (unpaired) electrons. The first-order valence-electron chi connectivity index (χ1n) is 4.70. The molecule has 0 bridgehead atoms. The fourth-order valence-electron chi connectivity index (χ4n) is 0.877. The van der Waals surface area contributed by atoms with Gasteiger partial charge in [-0.2, -0.15) is 0 Å². The lowest BCUT2D eigenvalue weighted by Gasteiger charge is -2.24. The van der Waals surface area contributed by atoms with E-state index in [0.29, 0.717) is 19.6 Å². The van der Waals surface area contributed by atoms with Crippen molar-refractivity contribution in [3.63, 3.8) is 0 Å². The van der Waals surface area contributed by atoms with Gasteiger partial charge in [-0.3, -0.25) is 0 Å². The van der Waals surface area contributed by atoms with E-state index in [9.17, 15) is 8.42 Å². The lowest BCUT2D eigenvalue weighted by atomic mass is 9.93. The van der Waals surface area contributed by atoms with Crippen molar-refractivity contribution in [2.75, 3.05) is 39.1 Å². The molecule has 92 valence electrons. The Kier molecular flexibility index (Phi) is 6.30. The van der Waals surface area contributed by atoms with Crippen molar-refractivity contribution in [1.29, 1.82) is 0 Å². The Bertz CT molecular complexity index is 262. The van der Waals surface area contributed by atoms with Crippen molar-refractivity contribution in [3.05, 3.63) is 0 Å². The van der Waals surface area contributed by atoms with Gasteiger partial charge in [0.15, 0.2) is 0 Å². The van der Waals surface area contributed by atoms with Gasteiger partial charge in [0.1, 0.15) is 0 Å². The second kappa shape index (κ2) is 6.39. The standard InChI is InChI=1S/C8H20N2O4S/c1-8(6-11,7-12)5-9-3-4-10-15(2,13)14/h9-12H,3-7H2,1-2H3. The third-order valence-corrected chi connectivity index (χ3v) is 2.71. The number of sulfonamides is 1. The zero-order valence-electron chi connectivity index (χ0n) is 9.15. The summed E-state index contributed by atoms with van der Waals surface area (Å²) >= 11 is 0. The lowest BCUT2D eigenvalue weighted by molar-refractivity contribution is 0.0701. The summed E-state index contributed by atoms with van der Waals surface area (Å²) < 4.78 is 23.7. The summed E-state index contributed by atoms with van der Waals surface area (Å²) in [4.78, 5) is 0. The molecule has 0 aliphatic rings. The van der Waals surface area contributed by atoms with Crippen LogP contribution >= 0.6 is 0 Å². The topological polar surface area (TPSA) is 98.7 Å². The maximum atomic E-state index is 10.7. The Hall–Kier alpha value is -0.210. The van der Waals surface area contributed by atoms with E-state index in [0.717, 1.165) is 6.26 Å². The molecule has 0 aromatic heterocycles. The van der Waals surface area contributed by atoms with Crippen LogP contribution in [0.3, 0.4) is 0 Å². The molecule has 0 rings (SSSR count). The molecule has 0 fully saturated rings. The van der Waals surface area contributed by atoms with Gasteiger partial charge < -0.3 is 15.5 Å². The number of rotatable bonds is 8. The van der Waals surface area contributed by atoms with E-state index in [-0.39, 0.29) is 13.2 Å². The summed E-state index contributed by atoms with van der Waals surface area (Å²) in [6, 6.07) is 0. The van der Waals surface area contributed by atoms with Crippen LogP contribution < -0.4 is 10.0 Å². The molecule has 0 spiro atoms. The molecule has 0 saturated carbocycles. The van der Waals surface area contributed by atoms with E-state index >= 15 is 0 Å². The Labute approximate surface area is 90.7 Å². The molecule has 4 N–H and O–H groups in total. The van der Waals surface area contributed by atoms with E-state index in [1.54, 1.807) is 6.92 Å². The van der Waals surface area contributed by atoms with Crippen LogP contribution in [-0.2, 0) is 10.0 Å². The predicted molar refractivity (Wildman–Crippen MR) is 58.0 cm³/mol. The predicted octanol–water partition coefficient (Wildman–Crippen LogP) is -1.88. The van der Waals surface area contributed by atoms with Crippen molar-refractivity contribution in [3.8, 4) is 0 Å². The van der Waals surface area contributed by atoms with Gasteiger partial charge >= 0.3 is 0 Å². The van der Waals surface area contributed by atoms with Crippen LogP contribution in [0.15, 0.2) is 0 Å². The molecule has 0 aliphatic carbocycles. The van der Waals surface area contributed by atoms with Gasteiger partial charge in [-0.15, -0.1) is 0 Å². The molecule has 15 heavy (non-hydrogen) atoms. The van der Waals surface area contributed by atoms with E-state index in [2.05, 4.69) is 10.0 Å². The fourth-order valence-corrected chi connectivity index (χ4v) is 1.35. The second-order valence-electron chi connectivity index (χ2n) is 3.97. The van der Waals surface area contributed by atoms with Gasteiger partial charge in [0.2, 0.25) is 10.0 Å². The highest BCUT2D eigenvalue weighted by Crippen LogP contribution is 2.11. The average Bonchev–Trinajstić information content (AvgIpc) is 2.15. The Balaban J connectivity index is 3.63. The van der Waals surface area contributed by atoms with Crippen molar-refractivity contribution in [2.24, 2.45) is 5.41 Å². The molecule has 0 aromatic carbocycles. The molecule has 6 nitrogen and oxygen atoms in total. The van der Waals surface area contributed by atoms with E-state index in [1.807, 2.05) is 0 Å². The minimum absolute atomic E-state index is 0.115. The molecular weight excluding hydrogens is 220 g/mol. The number of nitrogens with one attached hydrogen (secondary N) is 2. The normalized spacial score (nSPS) is 13.1. The molecule has 0 aliphatic heterocycles. The number of aliphatic hydroxyl groups is 2. The Morgan fingerprint density at radius 1 is 1.20 bits per heavy atom. The summed E-state index contributed by atoms with van der Waals surface area (Å²) in [7, 11) is -3.14. The SMILES string of the molecule is CC(CO)(CO)CNCCNS(C)(=O)=O. The average molecular weight is 240 g/mol. The van der Waals surface area contributed by atoms with Crippen molar-refractivity contribution >= 4 is 10.0 Å². The van der Waals surface area contributed by atoms with Crippen molar-refractivity contribution < 1.29 is 18.6 Å². The Morgan fingerprint density at radius 2 is 1.73 bits per heavy atom. The van der Waals surface area contributed by atoms with Crippen LogP contribution in [0, 0.1) is 5.41 Å². The van der Waals surface area contributed by atoms with Crippen molar-refractivity contribution in [1.82, 2.24) is 10.0 Å². The maximum Gasteiger partial charge on any atom is 0.208 e. The molecule has 0 aromatic rings. The summed E-state index contributed by atoms with van der Waals surface area (Å²) in [5, 5.41) is 20.9.